The van der Waals surface area contributed by atoms with Gasteiger partial charge < -0.3 is 23.9 Å². The summed E-state index contributed by atoms with van der Waals surface area (Å²) in [6.07, 6.45) is 4.31. The molecule has 2 aliphatic rings. The number of phenols is 1. The van der Waals surface area contributed by atoms with Crippen LogP contribution in [0.15, 0.2) is 109 Å². The van der Waals surface area contributed by atoms with Crippen molar-refractivity contribution in [2.45, 2.75) is 32.9 Å². The Morgan fingerprint density at radius 2 is 1.57 bits per heavy atom. The van der Waals surface area contributed by atoms with Crippen molar-refractivity contribution in [3.63, 3.8) is 0 Å². The van der Waals surface area contributed by atoms with E-state index in [-0.39, 0.29) is 42.8 Å². The molecule has 0 aliphatic carbocycles. The first kappa shape index (κ1) is 31.8. The van der Waals surface area contributed by atoms with E-state index in [0.717, 1.165) is 17.7 Å². The lowest BCUT2D eigenvalue weighted by Gasteiger charge is -2.35. The van der Waals surface area contributed by atoms with Gasteiger partial charge in [-0.3, -0.25) is 19.5 Å². The van der Waals surface area contributed by atoms with E-state index in [9.17, 15) is 14.7 Å². The van der Waals surface area contributed by atoms with Crippen LogP contribution in [0.3, 0.4) is 0 Å². The van der Waals surface area contributed by atoms with Crippen LogP contribution in [0.1, 0.15) is 44.5 Å². The number of halogens is 1. The summed E-state index contributed by atoms with van der Waals surface area (Å²) < 4.78 is 13.5. The highest BCUT2D eigenvalue weighted by atomic mass is 35.5. The third kappa shape index (κ3) is 5.62. The fourth-order valence-electron chi connectivity index (χ4n) is 6.67. The highest BCUT2D eigenvalue weighted by Crippen LogP contribution is 2.42. The molecule has 246 valence electrons. The number of pyridine rings is 2. The van der Waals surface area contributed by atoms with E-state index in [0.29, 0.717) is 57.3 Å². The van der Waals surface area contributed by atoms with Crippen LogP contribution < -0.4 is 14.4 Å². The van der Waals surface area contributed by atoms with Gasteiger partial charge in [0.2, 0.25) is 6.79 Å². The summed E-state index contributed by atoms with van der Waals surface area (Å²) in [4.78, 5) is 37.2. The molecule has 10 heteroatoms. The van der Waals surface area contributed by atoms with Crippen molar-refractivity contribution in [1.29, 1.82) is 0 Å². The molecule has 0 unspecified atom stereocenters. The van der Waals surface area contributed by atoms with Gasteiger partial charge in [-0.15, -0.1) is 12.4 Å². The first-order valence-electron chi connectivity index (χ1n) is 15.8. The smallest absolute Gasteiger partial charge is 0.265 e. The Bertz CT molecular complexity index is 2170. The zero-order valence-electron chi connectivity index (χ0n) is 26.9. The van der Waals surface area contributed by atoms with Crippen LogP contribution in [0.2, 0.25) is 0 Å². The predicted octanol–water partition coefficient (Wildman–Crippen LogP) is 7.73. The van der Waals surface area contributed by atoms with Crippen molar-refractivity contribution in [3.8, 4) is 28.5 Å². The largest absolute Gasteiger partial charge is 0.508 e. The molecule has 0 saturated carbocycles. The van der Waals surface area contributed by atoms with Gasteiger partial charge in [0.15, 0.2) is 11.5 Å². The molecule has 3 aromatic carbocycles. The maximum absolute atomic E-state index is 14.7. The number of phenolic OH excluding ortho intramolecular Hbond substituents is 1. The Hall–Kier alpha value is -5.80. The van der Waals surface area contributed by atoms with E-state index in [4.69, 9.17) is 9.47 Å². The number of amides is 2. The Balaban J connectivity index is 0.00000378. The van der Waals surface area contributed by atoms with Crippen molar-refractivity contribution in [3.05, 3.63) is 137 Å². The number of aryl methyl sites for hydroxylation is 1. The van der Waals surface area contributed by atoms with E-state index in [1.54, 1.807) is 41.4 Å². The molecule has 9 nitrogen and oxygen atoms in total. The van der Waals surface area contributed by atoms with E-state index in [1.807, 2.05) is 77.0 Å². The van der Waals surface area contributed by atoms with E-state index < -0.39 is 0 Å². The average Bonchev–Trinajstić information content (AvgIpc) is 3.73. The molecule has 0 radical (unpaired) electrons. The monoisotopic (exact) mass is 672 g/mol. The number of rotatable bonds is 5. The average molecular weight is 673 g/mol. The minimum absolute atomic E-state index is 0. The number of anilines is 2. The minimum atomic E-state index is -0.295. The molecule has 3 aromatic heterocycles. The Labute approximate surface area is 289 Å². The third-order valence-corrected chi connectivity index (χ3v) is 9.16. The molecule has 1 N–H and O–H groups in total. The molecule has 2 aliphatic heterocycles. The second-order valence-electron chi connectivity index (χ2n) is 12.2. The number of aromatic nitrogens is 2. The number of carbonyl (C=O) groups excluding carboxylic acids is 2. The van der Waals surface area contributed by atoms with Crippen LogP contribution in [0.25, 0.3) is 16.8 Å². The van der Waals surface area contributed by atoms with Crippen molar-refractivity contribution in [2.75, 3.05) is 11.7 Å². The molecule has 0 saturated heterocycles. The normalized spacial score (nSPS) is 14.7. The fourth-order valence-corrected chi connectivity index (χ4v) is 6.67. The lowest BCUT2D eigenvalue weighted by molar-refractivity contribution is 0.0658. The number of aromatic hydroxyl groups is 1. The summed E-state index contributed by atoms with van der Waals surface area (Å²) in [6, 6.07) is 29.5. The number of hydrogen-bond donors (Lipinski definition) is 1. The molecule has 2 amide bonds. The number of carbonyl (C=O) groups is 2. The summed E-state index contributed by atoms with van der Waals surface area (Å²) in [5, 5.41) is 10.00. The molecule has 49 heavy (non-hydrogen) atoms. The van der Waals surface area contributed by atoms with E-state index >= 15 is 0 Å². The van der Waals surface area contributed by atoms with Gasteiger partial charge in [-0.05, 0) is 98.1 Å². The molecule has 1 atom stereocenters. The Morgan fingerprint density at radius 1 is 0.857 bits per heavy atom. The van der Waals surface area contributed by atoms with E-state index in [1.165, 1.54) is 5.56 Å². The summed E-state index contributed by atoms with van der Waals surface area (Å²) in [7, 11) is 0. The second kappa shape index (κ2) is 12.7. The SMILES string of the molecule is Cc1ccc(N(C(=O)c2cc(-c3cc4c(cc3C(=O)N3Cc5ccccc5C[C@H]3C)OCO4)n3ccccc23)c2ccc(O)cc2)cn1.Cl. The maximum Gasteiger partial charge on any atom is 0.265 e. The van der Waals surface area contributed by atoms with Crippen molar-refractivity contribution >= 4 is 41.1 Å². The molecule has 0 bridgehead atoms. The van der Waals surface area contributed by atoms with Gasteiger partial charge in [0, 0.05) is 35.7 Å². The van der Waals surface area contributed by atoms with Crippen LogP contribution in [0, 0.1) is 6.92 Å². The van der Waals surface area contributed by atoms with Gasteiger partial charge in [0.25, 0.3) is 11.8 Å². The molecule has 6 aromatic rings. The van der Waals surface area contributed by atoms with Gasteiger partial charge in [0.1, 0.15) is 5.75 Å². The van der Waals surface area contributed by atoms with Gasteiger partial charge in [-0.2, -0.15) is 0 Å². The first-order chi connectivity index (χ1) is 23.4. The van der Waals surface area contributed by atoms with Gasteiger partial charge in [-0.1, -0.05) is 30.3 Å². The Morgan fingerprint density at radius 3 is 2.33 bits per heavy atom. The molecule has 8 rings (SSSR count). The molecule has 5 heterocycles. The third-order valence-electron chi connectivity index (χ3n) is 9.16. The summed E-state index contributed by atoms with van der Waals surface area (Å²) in [5.41, 5.74) is 7.19. The number of hydrogen-bond acceptors (Lipinski definition) is 6. The van der Waals surface area contributed by atoms with Gasteiger partial charge in [0.05, 0.1) is 34.2 Å². The number of ether oxygens (including phenoxy) is 2. The summed E-state index contributed by atoms with van der Waals surface area (Å²) in [5.74, 6) is 0.719. The molecule has 0 spiro atoms. The van der Waals surface area contributed by atoms with Gasteiger partial charge in [-0.25, -0.2) is 0 Å². The predicted molar refractivity (Wildman–Crippen MR) is 189 cm³/mol. The summed E-state index contributed by atoms with van der Waals surface area (Å²) >= 11 is 0. The van der Waals surface area contributed by atoms with Crippen molar-refractivity contribution < 1.29 is 24.2 Å². The van der Waals surface area contributed by atoms with E-state index in [2.05, 4.69) is 24.0 Å². The highest BCUT2D eigenvalue weighted by molar-refractivity contribution is 6.15. The van der Waals surface area contributed by atoms with Crippen molar-refractivity contribution in [1.82, 2.24) is 14.3 Å². The highest BCUT2D eigenvalue weighted by Gasteiger charge is 2.32. The van der Waals surface area contributed by atoms with Crippen LogP contribution >= 0.6 is 12.4 Å². The molecular weight excluding hydrogens is 640 g/mol. The van der Waals surface area contributed by atoms with Crippen LogP contribution in [-0.4, -0.2) is 44.0 Å². The topological polar surface area (TPSA) is 96.6 Å². The van der Waals surface area contributed by atoms with Crippen molar-refractivity contribution in [2.24, 2.45) is 0 Å². The second-order valence-corrected chi connectivity index (χ2v) is 12.2. The fraction of sp³-hybridized carbons (Fsp3) is 0.154. The van der Waals surface area contributed by atoms with Crippen LogP contribution in [0.4, 0.5) is 11.4 Å². The standard InChI is InChI=1S/C39H32N4O5.ClH/c1-24-10-11-29(21-40-24)43(28-12-14-30(44)15-13-28)39(46)33-18-35(41-16-6-5-9-34(33)41)31-19-36-37(48-23-47-36)20-32(31)38(45)42-22-27-8-4-3-7-26(27)17-25(42)2;/h3-16,18-21,25,44H,17,22-23H2,1-2H3;1H/t25-;/m1./s1. The summed E-state index contributed by atoms with van der Waals surface area (Å²) in [6.45, 7) is 4.51. The number of nitrogens with zero attached hydrogens (tertiary/aromatic N) is 4. The first-order valence-corrected chi connectivity index (χ1v) is 15.8. The molecule has 0 fully saturated rings. The quantitative estimate of drug-likeness (QED) is 0.201. The molecular formula is C39H33ClN4O5. The van der Waals surface area contributed by atoms with Gasteiger partial charge >= 0.3 is 0 Å². The maximum atomic E-state index is 14.7. The number of fused-ring (bicyclic) bond motifs is 3. The Kier molecular flexibility index (Phi) is 8.22. The van der Waals surface area contributed by atoms with Crippen LogP contribution in [0.5, 0.6) is 17.2 Å². The zero-order valence-corrected chi connectivity index (χ0v) is 27.7. The van der Waals surface area contributed by atoms with Crippen LogP contribution in [-0.2, 0) is 13.0 Å². The lowest BCUT2D eigenvalue weighted by Crippen LogP contribution is -2.42. The lowest BCUT2D eigenvalue weighted by atomic mass is 9.93. The zero-order chi connectivity index (χ0) is 32.9. The minimum Gasteiger partial charge on any atom is -0.508 e. The number of benzene rings is 3.